The van der Waals surface area contributed by atoms with E-state index in [1.807, 2.05) is 48.5 Å². The van der Waals surface area contributed by atoms with E-state index in [0.717, 1.165) is 35.0 Å². The molecule has 0 aliphatic heterocycles. The maximum atomic E-state index is 13.0. The highest BCUT2D eigenvalue weighted by molar-refractivity contribution is 6.07. The number of pyridine rings is 1. The standard InChI is InChI=1S/C26H24N2O/c1-2-19-12-14-21(15-13-19)25-18-23(22-10-6-7-11-24(22)28-25)26(29)27-17-16-20-8-4-3-5-9-20/h3-15,18H,2,16-17H2,1H3,(H,27,29). The van der Waals surface area contributed by atoms with Crippen LogP contribution in [0.5, 0.6) is 0 Å². The van der Waals surface area contributed by atoms with Gasteiger partial charge >= 0.3 is 0 Å². The van der Waals surface area contributed by atoms with Crippen LogP contribution < -0.4 is 5.32 Å². The van der Waals surface area contributed by atoms with Gasteiger partial charge in [0.1, 0.15) is 0 Å². The van der Waals surface area contributed by atoms with Crippen molar-refractivity contribution in [2.75, 3.05) is 6.54 Å². The largest absolute Gasteiger partial charge is 0.352 e. The van der Waals surface area contributed by atoms with Crippen molar-refractivity contribution in [2.24, 2.45) is 0 Å². The Kier molecular flexibility index (Phi) is 5.66. The van der Waals surface area contributed by atoms with Crippen molar-refractivity contribution in [1.29, 1.82) is 0 Å². The fourth-order valence-electron chi connectivity index (χ4n) is 3.48. The van der Waals surface area contributed by atoms with Gasteiger partial charge in [-0.15, -0.1) is 0 Å². The number of aryl methyl sites for hydroxylation is 1. The minimum atomic E-state index is -0.0639. The summed E-state index contributed by atoms with van der Waals surface area (Å²) in [5, 5.41) is 3.94. The van der Waals surface area contributed by atoms with Gasteiger partial charge in [0, 0.05) is 17.5 Å². The number of benzene rings is 3. The van der Waals surface area contributed by atoms with Crippen LogP contribution in [-0.4, -0.2) is 17.4 Å². The third kappa shape index (κ3) is 4.35. The topological polar surface area (TPSA) is 42.0 Å². The Labute approximate surface area is 171 Å². The average molecular weight is 380 g/mol. The van der Waals surface area contributed by atoms with E-state index in [4.69, 9.17) is 4.98 Å². The zero-order valence-corrected chi connectivity index (χ0v) is 16.6. The van der Waals surface area contributed by atoms with E-state index >= 15 is 0 Å². The molecule has 29 heavy (non-hydrogen) atoms. The Bertz CT molecular complexity index is 1120. The molecule has 1 amide bonds. The number of carbonyl (C=O) groups excluding carboxylic acids is 1. The smallest absolute Gasteiger partial charge is 0.252 e. The van der Waals surface area contributed by atoms with Crippen LogP contribution in [0.2, 0.25) is 0 Å². The van der Waals surface area contributed by atoms with Crippen LogP contribution in [-0.2, 0) is 12.8 Å². The highest BCUT2D eigenvalue weighted by atomic mass is 16.1. The van der Waals surface area contributed by atoms with Gasteiger partial charge in [-0.05, 0) is 36.1 Å². The van der Waals surface area contributed by atoms with E-state index in [-0.39, 0.29) is 5.91 Å². The van der Waals surface area contributed by atoms with E-state index in [1.54, 1.807) is 0 Å². The number of para-hydroxylation sites is 1. The number of aromatic nitrogens is 1. The molecule has 0 saturated carbocycles. The molecule has 0 atom stereocenters. The first-order valence-electron chi connectivity index (χ1n) is 10.1. The molecule has 3 aromatic carbocycles. The molecule has 144 valence electrons. The molecule has 0 spiro atoms. The second-order valence-electron chi connectivity index (χ2n) is 7.11. The van der Waals surface area contributed by atoms with Gasteiger partial charge in [0.25, 0.3) is 5.91 Å². The normalized spacial score (nSPS) is 10.8. The summed E-state index contributed by atoms with van der Waals surface area (Å²) in [7, 11) is 0. The molecule has 0 aliphatic carbocycles. The molecule has 0 aliphatic rings. The molecule has 0 unspecified atom stereocenters. The summed E-state index contributed by atoms with van der Waals surface area (Å²) in [6.07, 6.45) is 1.81. The predicted octanol–water partition coefficient (Wildman–Crippen LogP) is 5.44. The minimum absolute atomic E-state index is 0.0639. The van der Waals surface area contributed by atoms with Crippen molar-refractivity contribution < 1.29 is 4.79 Å². The van der Waals surface area contributed by atoms with Crippen molar-refractivity contribution in [3.05, 3.63) is 102 Å². The van der Waals surface area contributed by atoms with Gasteiger partial charge in [0.05, 0.1) is 16.8 Å². The summed E-state index contributed by atoms with van der Waals surface area (Å²) >= 11 is 0. The summed E-state index contributed by atoms with van der Waals surface area (Å²) in [5.74, 6) is -0.0639. The lowest BCUT2D eigenvalue weighted by molar-refractivity contribution is 0.0956. The fourth-order valence-corrected chi connectivity index (χ4v) is 3.48. The zero-order valence-electron chi connectivity index (χ0n) is 16.6. The average Bonchev–Trinajstić information content (AvgIpc) is 2.79. The monoisotopic (exact) mass is 380 g/mol. The minimum Gasteiger partial charge on any atom is -0.352 e. The third-order valence-electron chi connectivity index (χ3n) is 5.16. The summed E-state index contributed by atoms with van der Waals surface area (Å²) in [5.41, 5.74) is 5.83. The van der Waals surface area contributed by atoms with Crippen molar-refractivity contribution in [2.45, 2.75) is 19.8 Å². The van der Waals surface area contributed by atoms with Crippen LogP contribution in [0.15, 0.2) is 84.9 Å². The van der Waals surface area contributed by atoms with E-state index in [0.29, 0.717) is 12.1 Å². The first-order valence-corrected chi connectivity index (χ1v) is 10.1. The van der Waals surface area contributed by atoms with Gasteiger partial charge in [-0.1, -0.05) is 79.7 Å². The molecular weight excluding hydrogens is 356 g/mol. The number of carbonyl (C=O) groups is 1. The van der Waals surface area contributed by atoms with Crippen molar-refractivity contribution in [1.82, 2.24) is 10.3 Å². The van der Waals surface area contributed by atoms with Crippen LogP contribution in [0, 0.1) is 0 Å². The first kappa shape index (κ1) is 18.9. The summed E-state index contributed by atoms with van der Waals surface area (Å²) < 4.78 is 0. The number of nitrogens with one attached hydrogen (secondary N) is 1. The molecule has 0 radical (unpaired) electrons. The number of amides is 1. The SMILES string of the molecule is CCc1ccc(-c2cc(C(=O)NCCc3ccccc3)c3ccccc3n2)cc1. The summed E-state index contributed by atoms with van der Waals surface area (Å²) in [4.78, 5) is 17.8. The second kappa shape index (κ2) is 8.70. The number of nitrogens with zero attached hydrogens (tertiary/aromatic N) is 1. The van der Waals surface area contributed by atoms with Crippen molar-refractivity contribution >= 4 is 16.8 Å². The van der Waals surface area contributed by atoms with Gasteiger partial charge in [-0.25, -0.2) is 4.98 Å². The molecule has 1 heterocycles. The quantitative estimate of drug-likeness (QED) is 0.484. The molecule has 3 nitrogen and oxygen atoms in total. The molecule has 1 N–H and O–H groups in total. The zero-order chi connectivity index (χ0) is 20.1. The van der Waals surface area contributed by atoms with Crippen molar-refractivity contribution in [3.63, 3.8) is 0 Å². The summed E-state index contributed by atoms with van der Waals surface area (Å²) in [6.45, 7) is 2.74. The van der Waals surface area contributed by atoms with Crippen LogP contribution >= 0.6 is 0 Å². The number of fused-ring (bicyclic) bond motifs is 1. The Morgan fingerprint density at radius 3 is 2.34 bits per heavy atom. The molecule has 0 saturated heterocycles. The maximum absolute atomic E-state index is 13.0. The Morgan fingerprint density at radius 1 is 0.862 bits per heavy atom. The van der Waals surface area contributed by atoms with E-state index < -0.39 is 0 Å². The van der Waals surface area contributed by atoms with Gasteiger partial charge in [0.15, 0.2) is 0 Å². The number of hydrogen-bond donors (Lipinski definition) is 1. The molecule has 1 aromatic heterocycles. The van der Waals surface area contributed by atoms with Crippen LogP contribution in [0.25, 0.3) is 22.2 Å². The predicted molar refractivity (Wildman–Crippen MR) is 119 cm³/mol. The second-order valence-corrected chi connectivity index (χ2v) is 7.11. The van der Waals surface area contributed by atoms with Gasteiger partial charge in [0.2, 0.25) is 0 Å². The number of hydrogen-bond acceptors (Lipinski definition) is 2. The Balaban J connectivity index is 1.62. The van der Waals surface area contributed by atoms with Crippen LogP contribution in [0.1, 0.15) is 28.4 Å². The van der Waals surface area contributed by atoms with Gasteiger partial charge in [-0.3, -0.25) is 4.79 Å². The molecule has 4 rings (SSSR count). The van der Waals surface area contributed by atoms with E-state index in [9.17, 15) is 4.79 Å². The Morgan fingerprint density at radius 2 is 1.59 bits per heavy atom. The molecule has 0 fully saturated rings. The van der Waals surface area contributed by atoms with E-state index in [2.05, 4.69) is 48.6 Å². The van der Waals surface area contributed by atoms with Gasteiger partial charge < -0.3 is 5.32 Å². The van der Waals surface area contributed by atoms with E-state index in [1.165, 1.54) is 11.1 Å². The fraction of sp³-hybridized carbons (Fsp3) is 0.154. The molecule has 3 heteroatoms. The molecule has 4 aromatic rings. The lowest BCUT2D eigenvalue weighted by Gasteiger charge is -2.11. The highest BCUT2D eigenvalue weighted by Gasteiger charge is 2.13. The third-order valence-corrected chi connectivity index (χ3v) is 5.16. The van der Waals surface area contributed by atoms with Crippen LogP contribution in [0.3, 0.4) is 0 Å². The maximum Gasteiger partial charge on any atom is 0.252 e. The molecular formula is C26H24N2O. The van der Waals surface area contributed by atoms with Gasteiger partial charge in [-0.2, -0.15) is 0 Å². The van der Waals surface area contributed by atoms with Crippen LogP contribution in [0.4, 0.5) is 0 Å². The number of rotatable bonds is 6. The summed E-state index contributed by atoms with van der Waals surface area (Å²) in [6, 6.07) is 28.3. The Hall–Kier alpha value is -3.46. The van der Waals surface area contributed by atoms with Crippen molar-refractivity contribution in [3.8, 4) is 11.3 Å². The first-order chi connectivity index (χ1) is 14.2. The lowest BCUT2D eigenvalue weighted by atomic mass is 10.0. The lowest BCUT2D eigenvalue weighted by Crippen LogP contribution is -2.26. The molecule has 0 bridgehead atoms. The highest BCUT2D eigenvalue weighted by Crippen LogP contribution is 2.25.